The molecule has 0 radical (unpaired) electrons. The van der Waals surface area contributed by atoms with Crippen LogP contribution in [-0.2, 0) is 0 Å². The van der Waals surface area contributed by atoms with Crippen molar-refractivity contribution in [2.24, 2.45) is 0 Å². The smallest absolute Gasteiger partial charge is 0.244 e. The van der Waals surface area contributed by atoms with Crippen molar-refractivity contribution in [2.75, 3.05) is 31.1 Å². The van der Waals surface area contributed by atoms with E-state index in [1.165, 1.54) is 6.07 Å². The van der Waals surface area contributed by atoms with Crippen LogP contribution in [0.1, 0.15) is 18.9 Å². The minimum atomic E-state index is -0.165. The topological polar surface area (TPSA) is 45.4 Å². The van der Waals surface area contributed by atoms with Gasteiger partial charge in [0, 0.05) is 26.2 Å². The standard InChI is InChI=1S/C18H19FN4OS/c1-13(18-20-17(21-24-18)16-7-4-12-25-16)22-8-10-23(11-9-22)15-6-3-2-5-14(15)19/h2-7,12-13H,8-11H2,1H3. The minimum absolute atomic E-state index is 0.0454. The molecular formula is C18H19FN4OS. The molecule has 0 N–H and O–H groups in total. The molecule has 7 heteroatoms. The molecular weight excluding hydrogens is 339 g/mol. The Balaban J connectivity index is 1.41. The predicted octanol–water partition coefficient (Wildman–Crippen LogP) is 3.82. The molecule has 0 aliphatic carbocycles. The Bertz CT molecular complexity index is 827. The van der Waals surface area contributed by atoms with Gasteiger partial charge in [-0.1, -0.05) is 23.4 Å². The average Bonchev–Trinajstić information content (AvgIpc) is 3.33. The molecule has 3 aromatic rings. The molecule has 25 heavy (non-hydrogen) atoms. The Labute approximate surface area is 149 Å². The average molecular weight is 358 g/mol. The first kappa shape index (κ1) is 16.2. The van der Waals surface area contributed by atoms with Gasteiger partial charge in [0.1, 0.15) is 5.82 Å². The van der Waals surface area contributed by atoms with Gasteiger partial charge >= 0.3 is 0 Å². The molecule has 130 valence electrons. The quantitative estimate of drug-likeness (QED) is 0.709. The second-order valence-corrected chi connectivity index (χ2v) is 7.03. The lowest BCUT2D eigenvalue weighted by Crippen LogP contribution is -2.47. The van der Waals surface area contributed by atoms with Crippen LogP contribution in [0.4, 0.5) is 10.1 Å². The molecule has 0 bridgehead atoms. The molecule has 0 amide bonds. The maximum Gasteiger partial charge on any atom is 0.244 e. The number of para-hydroxylation sites is 1. The van der Waals surface area contributed by atoms with Gasteiger partial charge in [-0.15, -0.1) is 11.3 Å². The maximum atomic E-state index is 13.9. The number of anilines is 1. The highest BCUT2D eigenvalue weighted by Crippen LogP contribution is 2.27. The first-order valence-corrected chi connectivity index (χ1v) is 9.21. The van der Waals surface area contributed by atoms with Crippen LogP contribution in [0.5, 0.6) is 0 Å². The Morgan fingerprint density at radius 2 is 1.92 bits per heavy atom. The van der Waals surface area contributed by atoms with Gasteiger partial charge in [0.05, 0.1) is 16.6 Å². The van der Waals surface area contributed by atoms with Gasteiger partial charge in [-0.05, 0) is 30.5 Å². The molecule has 1 aromatic carbocycles. The summed E-state index contributed by atoms with van der Waals surface area (Å²) in [4.78, 5) is 9.92. The first-order valence-electron chi connectivity index (χ1n) is 8.33. The van der Waals surface area contributed by atoms with Crippen LogP contribution in [0.3, 0.4) is 0 Å². The lowest BCUT2D eigenvalue weighted by Gasteiger charge is -2.38. The van der Waals surface area contributed by atoms with E-state index in [2.05, 4.69) is 26.9 Å². The number of halogens is 1. The molecule has 5 nitrogen and oxygen atoms in total. The number of aromatic nitrogens is 2. The third-order valence-electron chi connectivity index (χ3n) is 4.60. The van der Waals surface area contributed by atoms with Crippen LogP contribution in [-0.4, -0.2) is 41.2 Å². The van der Waals surface area contributed by atoms with Crippen molar-refractivity contribution in [3.8, 4) is 10.7 Å². The minimum Gasteiger partial charge on any atom is -0.367 e. The summed E-state index contributed by atoms with van der Waals surface area (Å²) in [6.45, 7) is 5.28. The van der Waals surface area contributed by atoms with Crippen molar-refractivity contribution in [1.82, 2.24) is 15.0 Å². The fourth-order valence-corrected chi connectivity index (χ4v) is 3.77. The van der Waals surface area contributed by atoms with Crippen molar-refractivity contribution >= 4 is 17.0 Å². The van der Waals surface area contributed by atoms with Gasteiger partial charge in [0.15, 0.2) is 0 Å². The number of hydrogen-bond donors (Lipinski definition) is 0. The van der Waals surface area contributed by atoms with Crippen molar-refractivity contribution in [3.05, 3.63) is 53.5 Å². The van der Waals surface area contributed by atoms with Gasteiger partial charge in [0.25, 0.3) is 0 Å². The number of piperazine rings is 1. The van der Waals surface area contributed by atoms with Crippen LogP contribution in [0.15, 0.2) is 46.3 Å². The van der Waals surface area contributed by atoms with Crippen molar-refractivity contribution in [1.29, 1.82) is 0 Å². The molecule has 3 heterocycles. The Kier molecular flexibility index (Phi) is 4.50. The molecule has 1 fully saturated rings. The van der Waals surface area contributed by atoms with Gasteiger partial charge in [-0.3, -0.25) is 4.90 Å². The first-order chi connectivity index (χ1) is 12.2. The third-order valence-corrected chi connectivity index (χ3v) is 5.46. The SMILES string of the molecule is CC(c1nc(-c2cccs2)no1)N1CCN(c2ccccc2F)CC1. The summed E-state index contributed by atoms with van der Waals surface area (Å²) >= 11 is 1.60. The van der Waals surface area contributed by atoms with E-state index in [1.54, 1.807) is 17.4 Å². The molecule has 0 saturated carbocycles. The van der Waals surface area contributed by atoms with E-state index in [4.69, 9.17) is 4.52 Å². The molecule has 1 unspecified atom stereocenters. The number of thiophene rings is 1. The fourth-order valence-electron chi connectivity index (χ4n) is 3.13. The Morgan fingerprint density at radius 1 is 1.12 bits per heavy atom. The fraction of sp³-hybridized carbons (Fsp3) is 0.333. The normalized spacial score (nSPS) is 17.0. The van der Waals surface area contributed by atoms with Gasteiger partial charge in [-0.2, -0.15) is 4.98 Å². The highest BCUT2D eigenvalue weighted by molar-refractivity contribution is 7.13. The van der Waals surface area contributed by atoms with Gasteiger partial charge < -0.3 is 9.42 Å². The highest BCUT2D eigenvalue weighted by atomic mass is 32.1. The summed E-state index contributed by atoms with van der Waals surface area (Å²) < 4.78 is 19.4. The second-order valence-electron chi connectivity index (χ2n) is 6.08. The van der Waals surface area contributed by atoms with E-state index in [9.17, 15) is 4.39 Å². The third kappa shape index (κ3) is 3.29. The van der Waals surface area contributed by atoms with E-state index >= 15 is 0 Å². The zero-order valence-corrected chi connectivity index (χ0v) is 14.7. The lowest BCUT2D eigenvalue weighted by molar-refractivity contribution is 0.164. The van der Waals surface area contributed by atoms with E-state index in [0.29, 0.717) is 17.4 Å². The highest BCUT2D eigenvalue weighted by Gasteiger charge is 2.26. The van der Waals surface area contributed by atoms with Crippen molar-refractivity contribution in [3.63, 3.8) is 0 Å². The molecule has 2 aromatic heterocycles. The summed E-state index contributed by atoms with van der Waals surface area (Å²) in [6.07, 6.45) is 0. The zero-order valence-electron chi connectivity index (χ0n) is 13.9. The summed E-state index contributed by atoms with van der Waals surface area (Å²) in [5, 5.41) is 6.08. The van der Waals surface area contributed by atoms with Crippen molar-refractivity contribution < 1.29 is 8.91 Å². The van der Waals surface area contributed by atoms with Crippen LogP contribution >= 0.6 is 11.3 Å². The zero-order chi connectivity index (χ0) is 17.2. The molecule has 1 saturated heterocycles. The molecule has 4 rings (SSSR count). The predicted molar refractivity (Wildman–Crippen MR) is 96.2 cm³/mol. The number of benzene rings is 1. The number of nitrogens with zero attached hydrogens (tertiary/aromatic N) is 4. The molecule has 1 aliphatic heterocycles. The largest absolute Gasteiger partial charge is 0.367 e. The van der Waals surface area contributed by atoms with E-state index < -0.39 is 0 Å². The monoisotopic (exact) mass is 358 g/mol. The van der Waals surface area contributed by atoms with Crippen LogP contribution in [0.25, 0.3) is 10.7 Å². The van der Waals surface area contributed by atoms with E-state index in [0.717, 1.165) is 31.1 Å². The van der Waals surface area contributed by atoms with E-state index in [-0.39, 0.29) is 11.9 Å². The molecule has 1 atom stereocenters. The van der Waals surface area contributed by atoms with Crippen LogP contribution < -0.4 is 4.90 Å². The van der Waals surface area contributed by atoms with Gasteiger partial charge in [0.2, 0.25) is 11.7 Å². The summed E-state index contributed by atoms with van der Waals surface area (Å²) in [5.41, 5.74) is 0.674. The molecule has 1 aliphatic rings. The molecule has 0 spiro atoms. The Morgan fingerprint density at radius 3 is 2.64 bits per heavy atom. The second kappa shape index (κ2) is 6.93. The summed E-state index contributed by atoms with van der Waals surface area (Å²) in [6, 6.07) is 10.9. The summed E-state index contributed by atoms with van der Waals surface area (Å²) in [7, 11) is 0. The number of hydrogen-bond acceptors (Lipinski definition) is 6. The maximum absolute atomic E-state index is 13.9. The van der Waals surface area contributed by atoms with Crippen LogP contribution in [0, 0.1) is 5.82 Å². The van der Waals surface area contributed by atoms with Crippen LogP contribution in [0.2, 0.25) is 0 Å². The number of rotatable bonds is 4. The summed E-state index contributed by atoms with van der Waals surface area (Å²) in [5.74, 6) is 1.10. The van der Waals surface area contributed by atoms with E-state index in [1.807, 2.05) is 29.6 Å². The Hall–Kier alpha value is -2.25. The lowest BCUT2D eigenvalue weighted by atomic mass is 10.2. The van der Waals surface area contributed by atoms with Gasteiger partial charge in [-0.25, -0.2) is 4.39 Å². The van der Waals surface area contributed by atoms with Crippen molar-refractivity contribution in [2.45, 2.75) is 13.0 Å².